The number of carbonyl (C=O) groups excluding carboxylic acids is 1. The zero-order valence-electron chi connectivity index (χ0n) is 13.8. The van der Waals surface area contributed by atoms with Gasteiger partial charge in [-0.25, -0.2) is 0 Å². The molecule has 0 spiro atoms. The fraction of sp³-hybridized carbons (Fsp3) is 0.562. The molecule has 5 nitrogen and oxygen atoms in total. The molecule has 2 N–H and O–H groups in total. The van der Waals surface area contributed by atoms with Crippen molar-refractivity contribution in [2.45, 2.75) is 58.5 Å². The van der Waals surface area contributed by atoms with Crippen LogP contribution in [0.15, 0.2) is 17.5 Å². The molecule has 0 fully saturated rings. The maximum Gasteiger partial charge on any atom is 0.243 e. The zero-order valence-corrected chi connectivity index (χ0v) is 15.5. The number of aromatic amines is 1. The van der Waals surface area contributed by atoms with Crippen LogP contribution in [0.3, 0.4) is 0 Å². The van der Waals surface area contributed by atoms with E-state index in [-0.39, 0.29) is 11.9 Å². The third-order valence-electron chi connectivity index (χ3n) is 3.84. The van der Waals surface area contributed by atoms with E-state index in [2.05, 4.69) is 29.4 Å². The molecule has 0 bridgehead atoms. The van der Waals surface area contributed by atoms with Crippen LogP contribution in [-0.4, -0.2) is 26.7 Å². The number of rotatable bonds is 8. The van der Waals surface area contributed by atoms with Crippen LogP contribution in [0.4, 0.5) is 0 Å². The molecule has 2 atom stereocenters. The average Bonchev–Trinajstić information content (AvgIpc) is 3.15. The summed E-state index contributed by atoms with van der Waals surface area (Å²) in [5, 5.41) is 12.1. The molecule has 0 aliphatic carbocycles. The van der Waals surface area contributed by atoms with Crippen LogP contribution in [0.1, 0.15) is 52.5 Å². The summed E-state index contributed by atoms with van der Waals surface area (Å²) >= 11 is 6.89. The van der Waals surface area contributed by atoms with Gasteiger partial charge in [-0.2, -0.15) is 5.10 Å². The summed E-state index contributed by atoms with van der Waals surface area (Å²) in [4.78, 5) is 13.5. The van der Waals surface area contributed by atoms with Gasteiger partial charge in [0.2, 0.25) is 5.91 Å². The molecule has 2 heterocycles. The van der Waals surface area contributed by atoms with Crippen LogP contribution in [0, 0.1) is 4.77 Å². The molecule has 2 aromatic heterocycles. The summed E-state index contributed by atoms with van der Waals surface area (Å²) in [6.45, 7) is 6.09. The van der Waals surface area contributed by atoms with E-state index in [0.29, 0.717) is 10.6 Å². The van der Waals surface area contributed by atoms with E-state index in [1.165, 1.54) is 12.8 Å². The lowest BCUT2D eigenvalue weighted by Crippen LogP contribution is -2.37. The second-order valence-electron chi connectivity index (χ2n) is 5.78. The van der Waals surface area contributed by atoms with Gasteiger partial charge in [0.05, 0.1) is 4.88 Å². The minimum atomic E-state index is -0.396. The molecular weight excluding hydrogens is 328 g/mol. The Bertz CT molecular complexity index is 675. The van der Waals surface area contributed by atoms with E-state index in [9.17, 15) is 4.79 Å². The number of nitrogens with one attached hydrogen (secondary N) is 2. The summed E-state index contributed by atoms with van der Waals surface area (Å²) in [6.07, 6.45) is 4.52. The predicted octanol–water partition coefficient (Wildman–Crippen LogP) is 4.32. The molecule has 0 aromatic carbocycles. The highest BCUT2D eigenvalue weighted by Crippen LogP contribution is 2.25. The number of aromatic nitrogens is 3. The highest BCUT2D eigenvalue weighted by Gasteiger charge is 2.22. The summed E-state index contributed by atoms with van der Waals surface area (Å²) in [5.74, 6) is 0.690. The second kappa shape index (κ2) is 8.40. The molecule has 23 heavy (non-hydrogen) atoms. The van der Waals surface area contributed by atoms with Crippen LogP contribution in [0.25, 0.3) is 10.7 Å². The van der Waals surface area contributed by atoms with Gasteiger partial charge in [0.15, 0.2) is 10.6 Å². The molecular formula is C16H24N4OS2. The highest BCUT2D eigenvalue weighted by atomic mass is 32.1. The predicted molar refractivity (Wildman–Crippen MR) is 97.2 cm³/mol. The molecule has 126 valence electrons. The molecule has 2 rings (SSSR count). The topological polar surface area (TPSA) is 62.7 Å². The van der Waals surface area contributed by atoms with Gasteiger partial charge in [-0.05, 0) is 43.9 Å². The smallest absolute Gasteiger partial charge is 0.243 e. The Morgan fingerprint density at radius 2 is 2.26 bits per heavy atom. The molecule has 0 saturated heterocycles. The lowest BCUT2D eigenvalue weighted by Gasteiger charge is -2.19. The fourth-order valence-corrected chi connectivity index (χ4v) is 3.50. The molecule has 2 aromatic rings. The Hall–Kier alpha value is -1.47. The largest absolute Gasteiger partial charge is 0.352 e. The molecule has 2 unspecified atom stereocenters. The van der Waals surface area contributed by atoms with Gasteiger partial charge in [-0.15, -0.1) is 11.3 Å². The Kier molecular flexibility index (Phi) is 6.53. The first-order chi connectivity index (χ1) is 11.0. The van der Waals surface area contributed by atoms with E-state index in [0.717, 1.165) is 17.7 Å². The van der Waals surface area contributed by atoms with Crippen LogP contribution >= 0.6 is 23.6 Å². The van der Waals surface area contributed by atoms with Crippen molar-refractivity contribution >= 4 is 29.5 Å². The van der Waals surface area contributed by atoms with Crippen molar-refractivity contribution in [2.24, 2.45) is 0 Å². The Morgan fingerprint density at radius 1 is 1.48 bits per heavy atom. The quantitative estimate of drug-likeness (QED) is 0.549. The number of amides is 1. The average molecular weight is 353 g/mol. The van der Waals surface area contributed by atoms with Gasteiger partial charge < -0.3 is 5.32 Å². The third kappa shape index (κ3) is 4.51. The number of H-pyrrole nitrogens is 1. The van der Waals surface area contributed by atoms with Crippen LogP contribution in [-0.2, 0) is 4.79 Å². The molecule has 0 saturated carbocycles. The van der Waals surface area contributed by atoms with Crippen LogP contribution in [0.5, 0.6) is 0 Å². The molecule has 0 aliphatic rings. The molecule has 1 amide bonds. The first-order valence-corrected chi connectivity index (χ1v) is 9.34. The first-order valence-electron chi connectivity index (χ1n) is 8.05. The summed E-state index contributed by atoms with van der Waals surface area (Å²) in [6, 6.07) is 3.71. The SMILES string of the molecule is CCCCCC(C)NC(=O)C(C)n1c(-c2cccs2)n[nH]c1=S. The van der Waals surface area contributed by atoms with Gasteiger partial charge in [-0.3, -0.25) is 14.5 Å². The monoisotopic (exact) mass is 352 g/mol. The van der Waals surface area contributed by atoms with Crippen molar-refractivity contribution in [3.05, 3.63) is 22.3 Å². The van der Waals surface area contributed by atoms with E-state index in [4.69, 9.17) is 12.2 Å². The molecule has 0 radical (unpaired) electrons. The van der Waals surface area contributed by atoms with Gasteiger partial charge >= 0.3 is 0 Å². The maximum atomic E-state index is 12.5. The normalized spacial score (nSPS) is 13.7. The Morgan fingerprint density at radius 3 is 2.91 bits per heavy atom. The molecule has 0 aliphatic heterocycles. The summed E-state index contributed by atoms with van der Waals surface area (Å²) in [7, 11) is 0. The lowest BCUT2D eigenvalue weighted by molar-refractivity contribution is -0.124. The lowest BCUT2D eigenvalue weighted by atomic mass is 10.1. The van der Waals surface area contributed by atoms with Crippen LogP contribution in [0.2, 0.25) is 0 Å². The number of hydrogen-bond donors (Lipinski definition) is 2. The number of unbranched alkanes of at least 4 members (excludes halogenated alkanes) is 2. The van der Waals surface area contributed by atoms with E-state index >= 15 is 0 Å². The number of carbonyl (C=O) groups is 1. The maximum absolute atomic E-state index is 12.5. The highest BCUT2D eigenvalue weighted by molar-refractivity contribution is 7.71. The van der Waals surface area contributed by atoms with Crippen molar-refractivity contribution in [3.63, 3.8) is 0 Å². The summed E-state index contributed by atoms with van der Waals surface area (Å²) in [5.41, 5.74) is 0. The van der Waals surface area contributed by atoms with Crippen molar-refractivity contribution in [3.8, 4) is 10.7 Å². The number of nitrogens with zero attached hydrogens (tertiary/aromatic N) is 2. The third-order valence-corrected chi connectivity index (χ3v) is 5.00. The zero-order chi connectivity index (χ0) is 16.8. The van der Waals surface area contributed by atoms with E-state index in [1.54, 1.807) is 15.9 Å². The number of hydrogen-bond acceptors (Lipinski definition) is 4. The minimum Gasteiger partial charge on any atom is -0.352 e. The minimum absolute atomic E-state index is 0.0238. The van der Waals surface area contributed by atoms with Crippen LogP contribution < -0.4 is 5.32 Å². The number of thiophene rings is 1. The molecule has 7 heteroatoms. The van der Waals surface area contributed by atoms with Crippen molar-refractivity contribution in [2.75, 3.05) is 0 Å². The Balaban J connectivity index is 2.08. The Labute approximate surface area is 146 Å². The first kappa shape index (κ1) is 17.9. The van der Waals surface area contributed by atoms with Gasteiger partial charge in [0.1, 0.15) is 6.04 Å². The van der Waals surface area contributed by atoms with Gasteiger partial charge in [0.25, 0.3) is 0 Å². The van der Waals surface area contributed by atoms with Crippen molar-refractivity contribution in [1.82, 2.24) is 20.1 Å². The second-order valence-corrected chi connectivity index (χ2v) is 7.12. The van der Waals surface area contributed by atoms with E-state index in [1.807, 2.05) is 24.4 Å². The fourth-order valence-electron chi connectivity index (χ4n) is 2.50. The van der Waals surface area contributed by atoms with Crippen molar-refractivity contribution < 1.29 is 4.79 Å². The standard InChI is InChI=1S/C16H24N4OS2/c1-4-5-6-8-11(2)17-15(21)12(3)20-14(18-19-16(20)22)13-9-7-10-23-13/h7,9-12H,4-6,8H2,1-3H3,(H,17,21)(H,19,22). The van der Waals surface area contributed by atoms with E-state index < -0.39 is 6.04 Å². The van der Waals surface area contributed by atoms with Gasteiger partial charge in [0, 0.05) is 6.04 Å². The summed E-state index contributed by atoms with van der Waals surface area (Å²) < 4.78 is 2.25. The van der Waals surface area contributed by atoms with Gasteiger partial charge in [-0.1, -0.05) is 32.3 Å². The van der Waals surface area contributed by atoms with Crippen molar-refractivity contribution in [1.29, 1.82) is 0 Å².